The number of rotatable bonds is 8. The van der Waals surface area contributed by atoms with Gasteiger partial charge in [0.05, 0.1) is 14.2 Å². The summed E-state index contributed by atoms with van der Waals surface area (Å²) in [5.74, 6) is 1.24. The lowest BCUT2D eigenvalue weighted by molar-refractivity contribution is 0.297. The first kappa shape index (κ1) is 17.7. The quantitative estimate of drug-likeness (QED) is 0.724. The summed E-state index contributed by atoms with van der Waals surface area (Å²) in [5, 5.41) is 0. The lowest BCUT2D eigenvalue weighted by Crippen LogP contribution is -2.39. The molecule has 1 aromatic rings. The van der Waals surface area contributed by atoms with Crippen LogP contribution in [0.5, 0.6) is 11.5 Å². The van der Waals surface area contributed by atoms with Crippen molar-refractivity contribution in [2.24, 2.45) is 0 Å². The average molecular weight is 317 g/mol. The Morgan fingerprint density at radius 1 is 1.19 bits per heavy atom. The molecule has 2 N–H and O–H groups in total. The van der Waals surface area contributed by atoms with Gasteiger partial charge in [-0.25, -0.2) is 9.44 Å². The summed E-state index contributed by atoms with van der Waals surface area (Å²) in [7, 11) is 4.80. The summed E-state index contributed by atoms with van der Waals surface area (Å²) in [4.78, 5) is 1.93. The zero-order valence-electron chi connectivity index (χ0n) is 13.0. The fourth-order valence-electron chi connectivity index (χ4n) is 1.92. The van der Waals surface area contributed by atoms with Crippen molar-refractivity contribution < 1.29 is 17.9 Å². The summed E-state index contributed by atoms with van der Waals surface area (Å²) in [6.07, 6.45) is 0. The Balaban J connectivity index is 3.01. The van der Waals surface area contributed by atoms with Crippen LogP contribution in [0.25, 0.3) is 0 Å². The van der Waals surface area contributed by atoms with Crippen LogP contribution in [0.1, 0.15) is 11.6 Å². The molecule has 0 fully saturated rings. The molecule has 1 aromatic carbocycles. The van der Waals surface area contributed by atoms with Crippen LogP contribution in [0.15, 0.2) is 18.2 Å². The molecule has 0 aliphatic rings. The van der Waals surface area contributed by atoms with E-state index in [0.717, 1.165) is 5.56 Å². The molecule has 0 aliphatic heterocycles. The van der Waals surface area contributed by atoms with E-state index >= 15 is 0 Å². The molecule has 7 nitrogen and oxygen atoms in total. The van der Waals surface area contributed by atoms with Crippen molar-refractivity contribution in [3.05, 3.63) is 23.8 Å². The van der Waals surface area contributed by atoms with Gasteiger partial charge in [-0.05, 0) is 31.8 Å². The number of methoxy groups -OCH3 is 2. The Morgan fingerprint density at radius 2 is 1.81 bits per heavy atom. The van der Waals surface area contributed by atoms with Gasteiger partial charge in [-0.1, -0.05) is 6.07 Å². The van der Waals surface area contributed by atoms with Gasteiger partial charge in [0.15, 0.2) is 11.5 Å². The molecule has 120 valence electrons. The Kier molecular flexibility index (Phi) is 6.41. The topological polar surface area (TPSA) is 79.9 Å². The van der Waals surface area contributed by atoms with Gasteiger partial charge in [0.25, 0.3) is 10.2 Å². The van der Waals surface area contributed by atoms with E-state index in [1.54, 1.807) is 20.3 Å². The molecule has 0 aliphatic carbocycles. The standard InChI is InChI=1S/C13H23N3O4S/c1-14-21(17,18)15-9-11(16(2)3)10-6-7-12(19-4)13(8-10)20-5/h6-8,11,14-15H,9H2,1-5H3. The van der Waals surface area contributed by atoms with Gasteiger partial charge in [0.1, 0.15) is 0 Å². The van der Waals surface area contributed by atoms with Crippen LogP contribution in [0.2, 0.25) is 0 Å². The zero-order chi connectivity index (χ0) is 16.0. The van der Waals surface area contributed by atoms with Crippen LogP contribution in [-0.4, -0.2) is 55.2 Å². The normalized spacial score (nSPS) is 13.2. The molecule has 0 heterocycles. The van der Waals surface area contributed by atoms with Crippen molar-refractivity contribution in [1.29, 1.82) is 0 Å². The molecule has 21 heavy (non-hydrogen) atoms. The number of ether oxygens (including phenoxy) is 2. The maximum absolute atomic E-state index is 11.5. The maximum Gasteiger partial charge on any atom is 0.276 e. The fraction of sp³-hybridized carbons (Fsp3) is 0.538. The molecule has 0 spiro atoms. The van der Waals surface area contributed by atoms with E-state index in [-0.39, 0.29) is 12.6 Å². The third kappa shape index (κ3) is 4.85. The number of nitrogens with one attached hydrogen (secondary N) is 2. The Bertz CT molecular complexity index is 561. The molecule has 0 aromatic heterocycles. The smallest absolute Gasteiger partial charge is 0.276 e. The molecule has 0 saturated carbocycles. The number of nitrogens with zero attached hydrogens (tertiary/aromatic N) is 1. The highest BCUT2D eigenvalue weighted by Crippen LogP contribution is 2.31. The second-order valence-corrected chi connectivity index (χ2v) is 6.35. The minimum absolute atomic E-state index is 0.132. The first-order chi connectivity index (χ1) is 9.84. The van der Waals surface area contributed by atoms with E-state index in [1.807, 2.05) is 31.1 Å². The summed E-state index contributed by atoms with van der Waals surface area (Å²) >= 11 is 0. The zero-order valence-corrected chi connectivity index (χ0v) is 13.8. The van der Waals surface area contributed by atoms with Gasteiger partial charge in [-0.3, -0.25) is 0 Å². The molecule has 0 radical (unpaired) electrons. The van der Waals surface area contributed by atoms with Crippen molar-refractivity contribution in [3.8, 4) is 11.5 Å². The van der Waals surface area contributed by atoms with E-state index in [2.05, 4.69) is 9.44 Å². The Morgan fingerprint density at radius 3 is 2.29 bits per heavy atom. The summed E-state index contributed by atoms with van der Waals surface area (Å²) in [5.41, 5.74) is 0.927. The van der Waals surface area contributed by atoms with E-state index in [1.165, 1.54) is 7.05 Å². The molecule has 0 saturated heterocycles. The number of benzene rings is 1. The SMILES string of the molecule is CNS(=O)(=O)NCC(c1ccc(OC)c(OC)c1)N(C)C. The number of hydrogen-bond donors (Lipinski definition) is 2. The highest BCUT2D eigenvalue weighted by atomic mass is 32.2. The highest BCUT2D eigenvalue weighted by molar-refractivity contribution is 7.87. The molecule has 1 atom stereocenters. The first-order valence-corrected chi connectivity index (χ1v) is 7.89. The maximum atomic E-state index is 11.5. The lowest BCUT2D eigenvalue weighted by Gasteiger charge is -2.25. The van der Waals surface area contributed by atoms with Gasteiger partial charge in [0, 0.05) is 19.6 Å². The molecule has 1 unspecified atom stereocenters. The molecule has 8 heteroatoms. The van der Waals surface area contributed by atoms with E-state index in [9.17, 15) is 8.42 Å². The van der Waals surface area contributed by atoms with E-state index in [4.69, 9.17) is 9.47 Å². The summed E-state index contributed by atoms with van der Waals surface area (Å²) in [6.45, 7) is 0.242. The lowest BCUT2D eigenvalue weighted by atomic mass is 10.1. The van der Waals surface area contributed by atoms with Crippen molar-refractivity contribution in [2.75, 3.05) is 41.9 Å². The van der Waals surface area contributed by atoms with Crippen LogP contribution in [0.3, 0.4) is 0 Å². The molecule has 1 rings (SSSR count). The molecular formula is C13H23N3O4S. The van der Waals surface area contributed by atoms with Crippen LogP contribution < -0.4 is 18.9 Å². The van der Waals surface area contributed by atoms with Gasteiger partial charge in [0.2, 0.25) is 0 Å². The fourth-order valence-corrected chi connectivity index (χ4v) is 2.44. The van der Waals surface area contributed by atoms with Crippen LogP contribution >= 0.6 is 0 Å². The summed E-state index contributed by atoms with van der Waals surface area (Å²) < 4.78 is 38.2. The van der Waals surface area contributed by atoms with Crippen molar-refractivity contribution >= 4 is 10.2 Å². The summed E-state index contributed by atoms with van der Waals surface area (Å²) in [6, 6.07) is 5.40. The Labute approximate surface area is 126 Å². The van der Waals surface area contributed by atoms with Crippen LogP contribution in [0.4, 0.5) is 0 Å². The minimum atomic E-state index is -3.47. The molecule has 0 bridgehead atoms. The average Bonchev–Trinajstić information content (AvgIpc) is 2.46. The second-order valence-electron chi connectivity index (χ2n) is 4.65. The van der Waals surface area contributed by atoms with Crippen LogP contribution in [-0.2, 0) is 10.2 Å². The monoisotopic (exact) mass is 317 g/mol. The predicted molar refractivity (Wildman–Crippen MR) is 82.0 cm³/mol. The van der Waals surface area contributed by atoms with Gasteiger partial charge in [-0.2, -0.15) is 8.42 Å². The largest absolute Gasteiger partial charge is 0.493 e. The van der Waals surface area contributed by atoms with Gasteiger partial charge in [-0.15, -0.1) is 0 Å². The van der Waals surface area contributed by atoms with Gasteiger partial charge < -0.3 is 14.4 Å². The third-order valence-electron chi connectivity index (χ3n) is 3.15. The highest BCUT2D eigenvalue weighted by Gasteiger charge is 2.19. The van der Waals surface area contributed by atoms with E-state index in [0.29, 0.717) is 11.5 Å². The van der Waals surface area contributed by atoms with Crippen molar-refractivity contribution in [1.82, 2.24) is 14.3 Å². The predicted octanol–water partition coefficient (Wildman–Crippen LogP) is 0.360. The van der Waals surface area contributed by atoms with E-state index < -0.39 is 10.2 Å². The van der Waals surface area contributed by atoms with Crippen molar-refractivity contribution in [2.45, 2.75) is 6.04 Å². The number of likely N-dealkylation sites (N-methyl/N-ethyl adjacent to an activating group) is 1. The first-order valence-electron chi connectivity index (χ1n) is 6.41. The van der Waals surface area contributed by atoms with Crippen molar-refractivity contribution in [3.63, 3.8) is 0 Å². The van der Waals surface area contributed by atoms with Gasteiger partial charge >= 0.3 is 0 Å². The third-order valence-corrected chi connectivity index (χ3v) is 4.24. The second kappa shape index (κ2) is 7.60. The molecular weight excluding hydrogens is 294 g/mol. The molecule has 0 amide bonds. The van der Waals surface area contributed by atoms with Crippen LogP contribution in [0, 0.1) is 0 Å². The Hall–Kier alpha value is -1.35. The minimum Gasteiger partial charge on any atom is -0.493 e. The number of hydrogen-bond acceptors (Lipinski definition) is 5.